The van der Waals surface area contributed by atoms with Gasteiger partial charge >= 0.3 is 0 Å². The highest BCUT2D eigenvalue weighted by molar-refractivity contribution is 7.89. The Morgan fingerprint density at radius 3 is 1.88 bits per heavy atom. The zero-order valence-electron chi connectivity index (χ0n) is 18.5. The Labute approximate surface area is 190 Å². The molecule has 1 aliphatic rings. The number of aromatic nitrogens is 1. The van der Waals surface area contributed by atoms with Crippen LogP contribution in [0.4, 0.5) is 5.82 Å². The number of rotatable bonds is 7. The van der Waals surface area contributed by atoms with E-state index in [1.165, 1.54) is 10.5 Å². The van der Waals surface area contributed by atoms with Gasteiger partial charge in [0.15, 0.2) is 0 Å². The molecule has 0 aliphatic carbocycles. The van der Waals surface area contributed by atoms with Crippen molar-refractivity contribution in [3.63, 3.8) is 0 Å². The van der Waals surface area contributed by atoms with Crippen LogP contribution in [-0.2, 0) is 27.8 Å². The molecule has 2 heterocycles. The number of morpholine rings is 1. The van der Waals surface area contributed by atoms with Crippen LogP contribution in [0.15, 0.2) is 83.9 Å². The summed E-state index contributed by atoms with van der Waals surface area (Å²) in [5, 5.41) is 0. The molecule has 7 heteroatoms. The standard InChI is InChI=1S/C25H29N3O3S/c1-20-16-27(17-21(2)31-20)25-14-13-24(15-26-25)32(29,30)28(18-22-9-5-3-6-10-22)19-23-11-7-4-8-12-23/h3-15,20-21H,16-19H2,1-2H3/t20-,21-/m0/s1. The van der Waals surface area contributed by atoms with Crippen LogP contribution in [0.5, 0.6) is 0 Å². The molecule has 0 bridgehead atoms. The van der Waals surface area contributed by atoms with E-state index in [9.17, 15) is 8.42 Å². The van der Waals surface area contributed by atoms with Gasteiger partial charge in [-0.15, -0.1) is 0 Å². The second-order valence-electron chi connectivity index (χ2n) is 8.26. The first-order chi connectivity index (χ1) is 15.4. The molecule has 168 valence electrons. The maximum atomic E-state index is 13.6. The number of hydrogen-bond donors (Lipinski definition) is 0. The average Bonchev–Trinajstić information content (AvgIpc) is 2.79. The first kappa shape index (κ1) is 22.5. The summed E-state index contributed by atoms with van der Waals surface area (Å²) in [7, 11) is -3.74. The summed E-state index contributed by atoms with van der Waals surface area (Å²) in [6.07, 6.45) is 1.69. The van der Waals surface area contributed by atoms with Crippen LogP contribution in [0.25, 0.3) is 0 Å². The van der Waals surface area contributed by atoms with E-state index in [-0.39, 0.29) is 30.2 Å². The summed E-state index contributed by atoms with van der Waals surface area (Å²) in [6, 6.07) is 22.7. The number of sulfonamides is 1. The molecule has 2 atom stereocenters. The smallest absolute Gasteiger partial charge is 0.245 e. The molecule has 32 heavy (non-hydrogen) atoms. The van der Waals surface area contributed by atoms with Crippen molar-refractivity contribution in [2.45, 2.75) is 44.0 Å². The van der Waals surface area contributed by atoms with Crippen molar-refractivity contribution in [3.8, 4) is 0 Å². The van der Waals surface area contributed by atoms with Gasteiger partial charge in [0.25, 0.3) is 0 Å². The predicted octanol–water partition coefficient (Wildman–Crippen LogP) is 4.09. The summed E-state index contributed by atoms with van der Waals surface area (Å²) in [5.41, 5.74) is 1.88. The lowest BCUT2D eigenvalue weighted by Crippen LogP contribution is -2.45. The van der Waals surface area contributed by atoms with Crippen LogP contribution < -0.4 is 4.90 Å². The number of pyridine rings is 1. The Morgan fingerprint density at radius 2 is 1.41 bits per heavy atom. The molecule has 1 aromatic heterocycles. The molecule has 0 amide bonds. The highest BCUT2D eigenvalue weighted by Gasteiger charge is 2.27. The van der Waals surface area contributed by atoms with E-state index in [2.05, 4.69) is 9.88 Å². The van der Waals surface area contributed by atoms with Crippen molar-refractivity contribution in [3.05, 3.63) is 90.1 Å². The molecule has 1 saturated heterocycles. The van der Waals surface area contributed by atoms with Crippen LogP contribution in [0.2, 0.25) is 0 Å². The number of hydrogen-bond acceptors (Lipinski definition) is 5. The van der Waals surface area contributed by atoms with E-state index >= 15 is 0 Å². The van der Waals surface area contributed by atoms with E-state index in [0.717, 1.165) is 30.0 Å². The Kier molecular flexibility index (Phi) is 6.89. The fourth-order valence-corrected chi connectivity index (χ4v) is 5.39. The third-order valence-electron chi connectivity index (χ3n) is 5.51. The summed E-state index contributed by atoms with van der Waals surface area (Å²) in [4.78, 5) is 6.84. The summed E-state index contributed by atoms with van der Waals surface area (Å²) < 4.78 is 34.5. The molecule has 2 aromatic carbocycles. The van der Waals surface area contributed by atoms with E-state index in [0.29, 0.717) is 0 Å². The van der Waals surface area contributed by atoms with Gasteiger partial charge in [-0.2, -0.15) is 4.31 Å². The summed E-state index contributed by atoms with van der Waals surface area (Å²) >= 11 is 0. The van der Waals surface area contributed by atoms with Crippen molar-refractivity contribution < 1.29 is 13.2 Å². The Bertz CT molecular complexity index is 1050. The molecule has 0 unspecified atom stereocenters. The monoisotopic (exact) mass is 451 g/mol. The number of ether oxygens (including phenoxy) is 1. The second kappa shape index (κ2) is 9.81. The van der Waals surface area contributed by atoms with Gasteiger partial charge in [0.05, 0.1) is 12.2 Å². The van der Waals surface area contributed by atoms with Crippen LogP contribution >= 0.6 is 0 Å². The molecule has 4 rings (SSSR count). The Hall–Kier alpha value is -2.74. The molecule has 0 N–H and O–H groups in total. The minimum atomic E-state index is -3.74. The molecular weight excluding hydrogens is 422 g/mol. The lowest BCUT2D eigenvalue weighted by Gasteiger charge is -2.36. The van der Waals surface area contributed by atoms with Gasteiger partial charge < -0.3 is 9.64 Å². The largest absolute Gasteiger partial charge is 0.372 e. The first-order valence-electron chi connectivity index (χ1n) is 10.9. The molecule has 0 spiro atoms. The molecule has 1 aliphatic heterocycles. The van der Waals surface area contributed by atoms with E-state index in [1.54, 1.807) is 12.1 Å². The lowest BCUT2D eigenvalue weighted by molar-refractivity contribution is -0.00546. The van der Waals surface area contributed by atoms with Crippen LogP contribution in [-0.4, -0.2) is 43.0 Å². The molecular formula is C25H29N3O3S. The van der Waals surface area contributed by atoms with Gasteiger partial charge in [-0.25, -0.2) is 13.4 Å². The quantitative estimate of drug-likeness (QED) is 0.542. The molecule has 1 fully saturated rings. The van der Waals surface area contributed by atoms with Gasteiger partial charge in [0.1, 0.15) is 10.7 Å². The second-order valence-corrected chi connectivity index (χ2v) is 10.2. The average molecular weight is 452 g/mol. The van der Waals surface area contributed by atoms with E-state index in [4.69, 9.17) is 4.74 Å². The molecule has 0 radical (unpaired) electrons. The third kappa shape index (κ3) is 5.35. The number of anilines is 1. The highest BCUT2D eigenvalue weighted by atomic mass is 32.2. The fourth-order valence-electron chi connectivity index (χ4n) is 4.03. The molecule has 3 aromatic rings. The van der Waals surface area contributed by atoms with Crippen molar-refractivity contribution in [1.82, 2.24) is 9.29 Å². The van der Waals surface area contributed by atoms with Crippen LogP contribution in [0, 0.1) is 0 Å². The van der Waals surface area contributed by atoms with Gasteiger partial charge in [0.2, 0.25) is 10.0 Å². The van der Waals surface area contributed by atoms with E-state index in [1.807, 2.05) is 74.5 Å². The van der Waals surface area contributed by atoms with Crippen molar-refractivity contribution in [2.24, 2.45) is 0 Å². The van der Waals surface area contributed by atoms with Crippen LogP contribution in [0.1, 0.15) is 25.0 Å². The minimum Gasteiger partial charge on any atom is -0.372 e. The van der Waals surface area contributed by atoms with Crippen molar-refractivity contribution in [1.29, 1.82) is 0 Å². The van der Waals surface area contributed by atoms with Gasteiger partial charge in [0, 0.05) is 32.4 Å². The maximum absolute atomic E-state index is 13.6. The Balaban J connectivity index is 1.59. The van der Waals surface area contributed by atoms with Crippen molar-refractivity contribution in [2.75, 3.05) is 18.0 Å². The topological polar surface area (TPSA) is 62.7 Å². The highest BCUT2D eigenvalue weighted by Crippen LogP contribution is 2.24. The zero-order valence-corrected chi connectivity index (χ0v) is 19.3. The minimum absolute atomic E-state index is 0.108. The fraction of sp³-hybridized carbons (Fsp3) is 0.320. The first-order valence-corrected chi connectivity index (χ1v) is 12.3. The van der Waals surface area contributed by atoms with Gasteiger partial charge in [-0.1, -0.05) is 60.7 Å². The predicted molar refractivity (Wildman–Crippen MR) is 126 cm³/mol. The summed E-state index contributed by atoms with van der Waals surface area (Å²) in [6.45, 7) is 6.12. The van der Waals surface area contributed by atoms with Gasteiger partial charge in [-0.3, -0.25) is 0 Å². The molecule has 0 saturated carbocycles. The lowest BCUT2D eigenvalue weighted by atomic mass is 10.2. The normalized spacial score (nSPS) is 19.3. The summed E-state index contributed by atoms with van der Waals surface area (Å²) in [5.74, 6) is 0.767. The number of nitrogens with zero attached hydrogens (tertiary/aromatic N) is 3. The Morgan fingerprint density at radius 1 is 0.875 bits per heavy atom. The van der Waals surface area contributed by atoms with Crippen molar-refractivity contribution >= 4 is 15.8 Å². The van der Waals surface area contributed by atoms with E-state index < -0.39 is 10.0 Å². The third-order valence-corrected chi connectivity index (χ3v) is 7.28. The SMILES string of the molecule is C[C@H]1CN(c2ccc(S(=O)(=O)N(Cc3ccccc3)Cc3ccccc3)cn2)C[C@H](C)O1. The zero-order chi connectivity index (χ0) is 22.6. The van der Waals surface area contributed by atoms with Crippen LogP contribution in [0.3, 0.4) is 0 Å². The maximum Gasteiger partial charge on any atom is 0.245 e. The number of benzene rings is 2. The molecule has 6 nitrogen and oxygen atoms in total. The van der Waals surface area contributed by atoms with Gasteiger partial charge in [-0.05, 0) is 37.1 Å².